The van der Waals surface area contributed by atoms with Gasteiger partial charge >= 0.3 is 0 Å². The van der Waals surface area contributed by atoms with Crippen molar-refractivity contribution in [3.05, 3.63) is 362 Å². The van der Waals surface area contributed by atoms with Crippen molar-refractivity contribution in [1.82, 2.24) is 13.7 Å². The number of para-hydroxylation sites is 6. The molecule has 3 heterocycles. The smallest absolute Gasteiger partial charge is 0.0887 e. The highest BCUT2D eigenvalue weighted by atomic mass is 79.9. The molecular weight excluding hydrogens is 1490 g/mol. The summed E-state index contributed by atoms with van der Waals surface area (Å²) in [5.74, 6) is 0. The molecule has 0 saturated heterocycles. The molecule has 0 unspecified atom stereocenters. The first-order chi connectivity index (χ1) is 51.9. The minimum atomic E-state index is -0.00916. The molecule has 0 fully saturated rings. The maximum Gasteiger partial charge on any atom is 0.0887 e. The van der Waals surface area contributed by atoms with Crippen molar-refractivity contribution in [3.63, 3.8) is 0 Å². The van der Waals surface area contributed by atoms with E-state index in [0.717, 1.165) is 82.1 Å². The summed E-state index contributed by atoms with van der Waals surface area (Å²) in [5, 5.41) is 12.4. The number of rotatable bonds is 11. The first-order valence-electron chi connectivity index (χ1n) is 36.8. The van der Waals surface area contributed by atoms with Gasteiger partial charge in [-0.15, -0.1) is 0 Å². The number of halogens is 4. The van der Waals surface area contributed by atoms with Gasteiger partial charge in [-0.1, -0.05) is 249 Å². The Bertz CT molecular complexity index is 5760. The molecule has 108 heavy (non-hydrogen) atoms. The maximum atomic E-state index is 8.07. The number of hydrogen-bond donors (Lipinski definition) is 1. The van der Waals surface area contributed by atoms with Crippen LogP contribution in [0.4, 0.5) is 45.5 Å². The number of hydrogen-bond acceptors (Lipinski definition) is 3. The van der Waals surface area contributed by atoms with Crippen molar-refractivity contribution in [2.45, 2.75) is 92.4 Å². The van der Waals surface area contributed by atoms with Crippen LogP contribution in [0.2, 0.25) is 10.0 Å². The highest BCUT2D eigenvalue weighted by molar-refractivity contribution is 9.11. The maximum absolute atomic E-state index is 8.07. The van der Waals surface area contributed by atoms with E-state index in [9.17, 15) is 0 Å². The predicted molar refractivity (Wildman–Crippen MR) is 472 cm³/mol. The second-order valence-electron chi connectivity index (χ2n) is 31.1. The average Bonchev–Trinajstić information content (AvgIpc) is 1.54. The highest BCUT2D eigenvalue weighted by Crippen LogP contribution is 2.50. The van der Waals surface area contributed by atoms with Gasteiger partial charge in [0.2, 0.25) is 0 Å². The largest absolute Gasteiger partial charge is 0.355 e. The molecular formula is C98H86Br2Cl2N6. The number of anilines is 8. The van der Waals surface area contributed by atoms with Gasteiger partial charge in [-0.25, -0.2) is 0 Å². The van der Waals surface area contributed by atoms with Crippen LogP contribution in [-0.4, -0.2) is 13.7 Å². The van der Waals surface area contributed by atoms with Gasteiger partial charge < -0.3 is 28.8 Å². The lowest BCUT2D eigenvalue weighted by molar-refractivity contribution is 0.590. The van der Waals surface area contributed by atoms with Crippen LogP contribution in [0, 0.1) is 13.8 Å². The van der Waals surface area contributed by atoms with Crippen LogP contribution in [0.1, 0.15) is 90.1 Å². The third-order valence-corrected chi connectivity index (χ3v) is 22.8. The predicted octanol–water partition coefficient (Wildman–Crippen LogP) is 30.4. The Morgan fingerprint density at radius 1 is 0.278 bits per heavy atom. The van der Waals surface area contributed by atoms with E-state index in [2.05, 4.69) is 433 Å². The molecule has 14 aromatic carbocycles. The second kappa shape index (κ2) is 29.9. The van der Waals surface area contributed by atoms with Gasteiger partial charge in [0, 0.05) is 92.4 Å². The number of fused-ring (bicyclic) bond motifs is 9. The summed E-state index contributed by atoms with van der Waals surface area (Å²) < 4.78 is 8.97. The standard InChI is InChI=1S/C63H55ClN4.C28H26N2.C7H5Br2Cl/c1-42-38-59(65(45-34-30-43(31-35-45)62(2,3)4)47-18-16-20-49(40-47)67-55-26-12-8-22-51(55)52-23-9-13-27-56(52)67)61(64)60(39-42)66(46-36-32-44(33-37-46)63(5,6)7)48-19-17-21-50(41-48)68-57-28-14-10-24-53(57)54-25-11-15-29-58(54)68;1-28(2,3)20-15-17-21(18-16-20)29-22-9-8-10-23(19-22)30-26-13-6-4-11-24(26)25-12-5-7-14-27(25)30;1-4-2-5(8)7(10)6(9)3-4/h8-41H,1-7H3;4-19,29H,1-3H3;2-3H,1H3. The molecule has 1 N–H and O–H groups in total. The van der Waals surface area contributed by atoms with E-state index in [-0.39, 0.29) is 16.2 Å². The van der Waals surface area contributed by atoms with Crippen LogP contribution in [0.3, 0.4) is 0 Å². The van der Waals surface area contributed by atoms with Crippen LogP contribution in [0.15, 0.2) is 324 Å². The Morgan fingerprint density at radius 3 is 0.889 bits per heavy atom. The Kier molecular flexibility index (Phi) is 20.2. The molecule has 0 amide bonds. The van der Waals surface area contributed by atoms with E-state index < -0.39 is 0 Å². The van der Waals surface area contributed by atoms with E-state index in [1.807, 2.05) is 19.1 Å². The van der Waals surface area contributed by atoms with Crippen LogP contribution in [-0.2, 0) is 16.2 Å². The number of nitrogens with one attached hydrogen (secondary N) is 1. The fraction of sp³-hybridized carbons (Fsp3) is 0.143. The summed E-state index contributed by atoms with van der Waals surface area (Å²) in [6, 6.07) is 113. The minimum Gasteiger partial charge on any atom is -0.355 e. The molecule has 0 aliphatic carbocycles. The highest BCUT2D eigenvalue weighted by Gasteiger charge is 2.27. The van der Waals surface area contributed by atoms with Gasteiger partial charge in [0.05, 0.1) is 54.5 Å². The van der Waals surface area contributed by atoms with E-state index in [1.165, 1.54) is 87.7 Å². The van der Waals surface area contributed by atoms with Crippen molar-refractivity contribution in [2.75, 3.05) is 15.1 Å². The minimum absolute atomic E-state index is 0.00916. The average molecular weight is 1580 g/mol. The molecule has 10 heteroatoms. The van der Waals surface area contributed by atoms with Crippen LogP contribution < -0.4 is 15.1 Å². The third kappa shape index (κ3) is 14.6. The summed E-state index contributed by atoms with van der Waals surface area (Å²) in [5.41, 5.74) is 24.7. The lowest BCUT2D eigenvalue weighted by atomic mass is 9.87. The van der Waals surface area contributed by atoms with Crippen LogP contribution in [0.25, 0.3) is 82.5 Å². The van der Waals surface area contributed by atoms with Gasteiger partial charge in [-0.05, 0) is 241 Å². The van der Waals surface area contributed by atoms with E-state index >= 15 is 0 Å². The monoisotopic (exact) mass is 1570 g/mol. The second-order valence-corrected chi connectivity index (χ2v) is 33.5. The van der Waals surface area contributed by atoms with Crippen molar-refractivity contribution in [2.24, 2.45) is 0 Å². The Labute approximate surface area is 661 Å². The van der Waals surface area contributed by atoms with Gasteiger partial charge in [0.15, 0.2) is 0 Å². The SMILES string of the molecule is CC(C)(C)c1ccc(Nc2cccc(-n3c4ccccc4c4ccccc43)c2)cc1.Cc1cc(Br)c(Cl)c(Br)c1.Cc1cc(N(c2ccc(C(C)(C)C)cc2)c2cccc(-n3c4ccccc4c4ccccc43)c2)c(Cl)c(N(c2ccc(C(C)(C)C)cc2)c2cccc(-n3c4ccccc4c4ccccc43)c2)c1. The first-order valence-corrected chi connectivity index (χ1v) is 39.2. The molecule has 536 valence electrons. The molecule has 17 aromatic rings. The molecule has 0 atom stereocenters. The molecule has 0 saturated carbocycles. The molecule has 3 aromatic heterocycles. The normalized spacial score (nSPS) is 11.8. The zero-order chi connectivity index (χ0) is 75.3. The number of aryl methyl sites for hydroxylation is 2. The first kappa shape index (κ1) is 73.0. The quantitative estimate of drug-likeness (QED) is 0.131. The van der Waals surface area contributed by atoms with E-state index in [1.54, 1.807) is 0 Å². The number of benzene rings is 14. The fourth-order valence-corrected chi connectivity index (χ4v) is 16.7. The number of nitrogens with zero attached hydrogens (tertiary/aromatic N) is 5. The summed E-state index contributed by atoms with van der Waals surface area (Å²) >= 11 is 20.6. The Balaban J connectivity index is 0.000000190. The summed E-state index contributed by atoms with van der Waals surface area (Å²) in [6.07, 6.45) is 0. The van der Waals surface area contributed by atoms with E-state index in [4.69, 9.17) is 23.2 Å². The van der Waals surface area contributed by atoms with Crippen LogP contribution >= 0.6 is 55.1 Å². The van der Waals surface area contributed by atoms with Gasteiger partial charge in [0.25, 0.3) is 0 Å². The zero-order valence-electron chi connectivity index (χ0n) is 62.8. The lowest BCUT2D eigenvalue weighted by Crippen LogP contribution is -2.16. The molecule has 0 radical (unpaired) electrons. The van der Waals surface area contributed by atoms with Crippen molar-refractivity contribution >= 4 is 166 Å². The van der Waals surface area contributed by atoms with Crippen molar-refractivity contribution in [1.29, 1.82) is 0 Å². The summed E-state index contributed by atoms with van der Waals surface area (Å²) in [7, 11) is 0. The fourth-order valence-electron chi connectivity index (χ4n) is 14.9. The Morgan fingerprint density at radius 2 is 0.565 bits per heavy atom. The van der Waals surface area contributed by atoms with Gasteiger partial charge in [-0.3, -0.25) is 0 Å². The molecule has 6 nitrogen and oxygen atoms in total. The number of aromatic nitrogens is 3. The van der Waals surface area contributed by atoms with E-state index in [0.29, 0.717) is 5.02 Å². The Hall–Kier alpha value is -10.6. The molecule has 0 bridgehead atoms. The van der Waals surface area contributed by atoms with Crippen molar-refractivity contribution < 1.29 is 0 Å². The molecule has 0 aliphatic rings. The van der Waals surface area contributed by atoms with Gasteiger partial charge in [-0.2, -0.15) is 0 Å². The third-order valence-electron chi connectivity index (χ3n) is 20.3. The zero-order valence-corrected chi connectivity index (χ0v) is 67.5. The van der Waals surface area contributed by atoms with Crippen molar-refractivity contribution in [3.8, 4) is 17.1 Å². The topological polar surface area (TPSA) is 33.3 Å². The lowest BCUT2D eigenvalue weighted by Gasteiger charge is -2.32. The summed E-state index contributed by atoms with van der Waals surface area (Å²) in [6.45, 7) is 24.5. The van der Waals surface area contributed by atoms with Crippen LogP contribution in [0.5, 0.6) is 0 Å². The molecule has 17 rings (SSSR count). The van der Waals surface area contributed by atoms with Gasteiger partial charge in [0.1, 0.15) is 0 Å². The molecule has 0 spiro atoms. The summed E-state index contributed by atoms with van der Waals surface area (Å²) in [4.78, 5) is 4.66. The molecule has 0 aliphatic heterocycles.